The standard InChI is InChI=1S/C12H21N5/c1-2-6-14-10-8-11(17-12(13)16-10)15-7-5-9-3-4-9/h8-9H,2-7H2,1H3,(H4,13,14,15,16,17). The molecule has 1 aliphatic carbocycles. The first-order valence-corrected chi connectivity index (χ1v) is 6.40. The van der Waals surface area contributed by atoms with Crippen molar-refractivity contribution in [1.82, 2.24) is 9.97 Å². The molecule has 1 aromatic heterocycles. The fraction of sp³-hybridized carbons (Fsp3) is 0.667. The molecule has 17 heavy (non-hydrogen) atoms. The largest absolute Gasteiger partial charge is 0.370 e. The summed E-state index contributed by atoms with van der Waals surface area (Å²) in [5.41, 5.74) is 5.67. The van der Waals surface area contributed by atoms with Crippen LogP contribution in [-0.2, 0) is 0 Å². The van der Waals surface area contributed by atoms with E-state index in [0.717, 1.165) is 37.1 Å². The molecule has 0 saturated heterocycles. The second-order valence-electron chi connectivity index (χ2n) is 4.58. The third kappa shape index (κ3) is 4.09. The molecule has 1 heterocycles. The lowest BCUT2D eigenvalue weighted by Gasteiger charge is -2.09. The summed E-state index contributed by atoms with van der Waals surface area (Å²) in [7, 11) is 0. The van der Waals surface area contributed by atoms with Crippen LogP contribution in [0.5, 0.6) is 0 Å². The summed E-state index contributed by atoms with van der Waals surface area (Å²) in [4.78, 5) is 8.32. The Kier molecular flexibility index (Phi) is 4.01. The summed E-state index contributed by atoms with van der Waals surface area (Å²) in [6.45, 7) is 3.98. The third-order valence-corrected chi connectivity index (χ3v) is 2.86. The van der Waals surface area contributed by atoms with Crippen LogP contribution < -0.4 is 16.4 Å². The number of nitrogen functional groups attached to an aromatic ring is 1. The summed E-state index contributed by atoms with van der Waals surface area (Å²) in [5.74, 6) is 2.87. The number of nitrogens with one attached hydrogen (secondary N) is 2. The Bertz CT molecular complexity index is 362. The van der Waals surface area contributed by atoms with Crippen LogP contribution in [0, 0.1) is 5.92 Å². The van der Waals surface area contributed by atoms with Gasteiger partial charge in [0, 0.05) is 19.2 Å². The Morgan fingerprint density at radius 1 is 1.24 bits per heavy atom. The Balaban J connectivity index is 1.87. The monoisotopic (exact) mass is 235 g/mol. The van der Waals surface area contributed by atoms with Gasteiger partial charge in [-0.25, -0.2) is 0 Å². The van der Waals surface area contributed by atoms with Gasteiger partial charge < -0.3 is 16.4 Å². The topological polar surface area (TPSA) is 75.9 Å². The quantitative estimate of drug-likeness (QED) is 0.674. The highest BCUT2D eigenvalue weighted by molar-refractivity contribution is 5.50. The van der Waals surface area contributed by atoms with Crippen molar-refractivity contribution in [2.24, 2.45) is 5.92 Å². The highest BCUT2D eigenvalue weighted by Gasteiger charge is 2.20. The van der Waals surface area contributed by atoms with Crippen LogP contribution >= 0.6 is 0 Å². The molecule has 1 saturated carbocycles. The molecule has 0 unspecified atom stereocenters. The molecular formula is C12H21N5. The number of hydrogen-bond acceptors (Lipinski definition) is 5. The molecule has 94 valence electrons. The first-order chi connectivity index (χ1) is 8.28. The zero-order valence-corrected chi connectivity index (χ0v) is 10.4. The average Bonchev–Trinajstić information content (AvgIpc) is 3.10. The lowest BCUT2D eigenvalue weighted by atomic mass is 10.3. The molecular weight excluding hydrogens is 214 g/mol. The molecule has 5 heteroatoms. The van der Waals surface area contributed by atoms with Gasteiger partial charge in [0.05, 0.1) is 0 Å². The molecule has 0 aliphatic heterocycles. The summed E-state index contributed by atoms with van der Waals surface area (Å²) in [6.07, 6.45) is 5.06. The highest BCUT2D eigenvalue weighted by Crippen LogP contribution is 2.32. The number of rotatable bonds is 7. The van der Waals surface area contributed by atoms with Gasteiger partial charge >= 0.3 is 0 Å². The molecule has 2 rings (SSSR count). The second-order valence-corrected chi connectivity index (χ2v) is 4.58. The van der Waals surface area contributed by atoms with Gasteiger partial charge in [0.15, 0.2) is 0 Å². The molecule has 0 aromatic carbocycles. The smallest absolute Gasteiger partial charge is 0.223 e. The van der Waals surface area contributed by atoms with Crippen molar-refractivity contribution in [3.05, 3.63) is 6.07 Å². The van der Waals surface area contributed by atoms with E-state index in [1.54, 1.807) is 0 Å². The van der Waals surface area contributed by atoms with E-state index in [2.05, 4.69) is 27.5 Å². The van der Waals surface area contributed by atoms with E-state index in [0.29, 0.717) is 5.95 Å². The number of hydrogen-bond donors (Lipinski definition) is 3. The van der Waals surface area contributed by atoms with Crippen LogP contribution in [0.25, 0.3) is 0 Å². The van der Waals surface area contributed by atoms with Crippen molar-refractivity contribution in [1.29, 1.82) is 0 Å². The SMILES string of the molecule is CCCNc1cc(NCCC2CC2)nc(N)n1. The van der Waals surface area contributed by atoms with Gasteiger partial charge in [-0.2, -0.15) is 9.97 Å². The molecule has 4 N–H and O–H groups in total. The zero-order chi connectivity index (χ0) is 12.1. The van der Waals surface area contributed by atoms with Crippen molar-refractivity contribution < 1.29 is 0 Å². The highest BCUT2D eigenvalue weighted by atomic mass is 15.1. The normalized spacial score (nSPS) is 14.6. The first-order valence-electron chi connectivity index (χ1n) is 6.40. The summed E-state index contributed by atoms with van der Waals surface area (Å²) in [5, 5.41) is 6.52. The molecule has 0 bridgehead atoms. The van der Waals surface area contributed by atoms with Crippen molar-refractivity contribution in [3.8, 4) is 0 Å². The van der Waals surface area contributed by atoms with Gasteiger partial charge in [-0.3, -0.25) is 0 Å². The molecule has 1 aromatic rings. The minimum absolute atomic E-state index is 0.319. The average molecular weight is 235 g/mol. The van der Waals surface area contributed by atoms with Crippen molar-refractivity contribution in [3.63, 3.8) is 0 Å². The van der Waals surface area contributed by atoms with E-state index >= 15 is 0 Å². The van der Waals surface area contributed by atoms with E-state index in [9.17, 15) is 0 Å². The minimum atomic E-state index is 0.319. The Labute approximate surface area is 102 Å². The minimum Gasteiger partial charge on any atom is -0.370 e. The molecule has 5 nitrogen and oxygen atoms in total. The molecule has 0 spiro atoms. The van der Waals surface area contributed by atoms with Crippen LogP contribution in [0.4, 0.5) is 17.6 Å². The van der Waals surface area contributed by atoms with E-state index in [-0.39, 0.29) is 0 Å². The number of aromatic nitrogens is 2. The van der Waals surface area contributed by atoms with Crippen LogP contribution in [-0.4, -0.2) is 23.1 Å². The number of nitrogens with zero attached hydrogens (tertiary/aromatic N) is 2. The maximum absolute atomic E-state index is 5.67. The Hall–Kier alpha value is -1.52. The molecule has 0 atom stereocenters. The lowest BCUT2D eigenvalue weighted by molar-refractivity contribution is 0.758. The zero-order valence-electron chi connectivity index (χ0n) is 10.4. The van der Waals surface area contributed by atoms with Crippen LogP contribution in [0.2, 0.25) is 0 Å². The van der Waals surface area contributed by atoms with Gasteiger partial charge in [0.2, 0.25) is 5.95 Å². The predicted molar refractivity (Wildman–Crippen MR) is 71.1 cm³/mol. The third-order valence-electron chi connectivity index (χ3n) is 2.86. The van der Waals surface area contributed by atoms with Gasteiger partial charge in [0.1, 0.15) is 11.6 Å². The van der Waals surface area contributed by atoms with Crippen LogP contribution in [0.1, 0.15) is 32.6 Å². The van der Waals surface area contributed by atoms with Crippen LogP contribution in [0.3, 0.4) is 0 Å². The fourth-order valence-corrected chi connectivity index (χ4v) is 1.71. The van der Waals surface area contributed by atoms with Crippen molar-refractivity contribution in [2.45, 2.75) is 32.6 Å². The maximum atomic E-state index is 5.67. The van der Waals surface area contributed by atoms with E-state index < -0.39 is 0 Å². The summed E-state index contributed by atoms with van der Waals surface area (Å²) in [6, 6.07) is 1.92. The molecule has 1 aliphatic rings. The van der Waals surface area contributed by atoms with Crippen LogP contribution in [0.15, 0.2) is 6.07 Å². The fourth-order valence-electron chi connectivity index (χ4n) is 1.71. The molecule has 0 radical (unpaired) electrons. The molecule has 0 amide bonds. The van der Waals surface area contributed by atoms with Gasteiger partial charge in [-0.15, -0.1) is 0 Å². The number of anilines is 3. The van der Waals surface area contributed by atoms with Gasteiger partial charge in [-0.05, 0) is 18.8 Å². The van der Waals surface area contributed by atoms with E-state index in [1.165, 1.54) is 19.3 Å². The van der Waals surface area contributed by atoms with Gasteiger partial charge in [-0.1, -0.05) is 19.8 Å². The van der Waals surface area contributed by atoms with Gasteiger partial charge in [0.25, 0.3) is 0 Å². The maximum Gasteiger partial charge on any atom is 0.223 e. The van der Waals surface area contributed by atoms with Crippen molar-refractivity contribution >= 4 is 17.6 Å². The predicted octanol–water partition coefficient (Wildman–Crippen LogP) is 2.09. The second kappa shape index (κ2) is 5.70. The van der Waals surface area contributed by atoms with Crippen molar-refractivity contribution in [2.75, 3.05) is 29.5 Å². The molecule has 1 fully saturated rings. The first kappa shape index (κ1) is 12.0. The summed E-state index contributed by atoms with van der Waals surface area (Å²) < 4.78 is 0. The Morgan fingerprint density at radius 3 is 2.47 bits per heavy atom. The lowest BCUT2D eigenvalue weighted by Crippen LogP contribution is -2.09. The van der Waals surface area contributed by atoms with E-state index in [4.69, 9.17) is 5.73 Å². The Morgan fingerprint density at radius 2 is 1.88 bits per heavy atom. The number of nitrogens with two attached hydrogens (primary N) is 1. The summed E-state index contributed by atoms with van der Waals surface area (Å²) >= 11 is 0. The van der Waals surface area contributed by atoms with E-state index in [1.807, 2.05) is 6.07 Å².